The molecule has 0 saturated carbocycles. The lowest BCUT2D eigenvalue weighted by atomic mass is 10.3. The minimum absolute atomic E-state index is 0.0133. The lowest BCUT2D eigenvalue weighted by Crippen LogP contribution is -1.91. The van der Waals surface area contributed by atoms with Crippen LogP contribution in [-0.4, -0.2) is 10.9 Å². The van der Waals surface area contributed by atoms with Crippen LogP contribution < -0.4 is 0 Å². The summed E-state index contributed by atoms with van der Waals surface area (Å²) < 4.78 is 0. The zero-order chi connectivity index (χ0) is 6.57. The van der Waals surface area contributed by atoms with Gasteiger partial charge in [-0.3, -0.25) is 4.79 Å². The third kappa shape index (κ3) is 3.40. The van der Waals surface area contributed by atoms with E-state index in [1.54, 1.807) is 6.92 Å². The van der Waals surface area contributed by atoms with Gasteiger partial charge < -0.3 is 5.11 Å². The lowest BCUT2D eigenvalue weighted by molar-refractivity contribution is -0.116. The van der Waals surface area contributed by atoms with Gasteiger partial charge >= 0.3 is 0 Å². The Labute approximate surface area is 48.8 Å². The molecule has 0 fully saturated rings. The Bertz CT molecular complexity index is 114. The molecule has 0 saturated heterocycles. The van der Waals surface area contributed by atoms with Crippen molar-refractivity contribution in [3.63, 3.8) is 0 Å². The van der Waals surface area contributed by atoms with Crippen molar-refractivity contribution < 1.29 is 9.90 Å². The molecule has 0 aliphatic carbocycles. The Morgan fingerprint density at radius 3 is 2.38 bits per heavy atom. The summed E-state index contributed by atoms with van der Waals surface area (Å²) in [7, 11) is 0. The summed E-state index contributed by atoms with van der Waals surface area (Å²) in [6, 6.07) is 0. The summed E-state index contributed by atoms with van der Waals surface area (Å²) in [6.45, 7) is 3.14. The number of allylic oxidation sites excluding steroid dienone is 2. The number of carbonyl (C=O) groups is 1. The Morgan fingerprint density at radius 2 is 2.25 bits per heavy atom. The van der Waals surface area contributed by atoms with Crippen LogP contribution in [0.5, 0.6) is 0 Å². The van der Waals surface area contributed by atoms with Crippen LogP contribution in [0.2, 0.25) is 0 Å². The second-order valence-electron chi connectivity index (χ2n) is 1.66. The van der Waals surface area contributed by atoms with Gasteiger partial charge in [-0.2, -0.15) is 0 Å². The van der Waals surface area contributed by atoms with Gasteiger partial charge in [-0.15, -0.1) is 0 Å². The molecule has 0 aromatic heterocycles. The SMILES string of the molecule is CC=C(O)CC(C)=O. The fourth-order valence-electron chi connectivity index (χ4n) is 0.357. The Hall–Kier alpha value is -0.790. The van der Waals surface area contributed by atoms with E-state index in [1.165, 1.54) is 13.0 Å². The number of aliphatic hydroxyl groups excluding tert-OH is 1. The van der Waals surface area contributed by atoms with Gasteiger partial charge in [0.05, 0.1) is 12.2 Å². The van der Waals surface area contributed by atoms with Crippen molar-refractivity contribution in [2.24, 2.45) is 0 Å². The minimum Gasteiger partial charge on any atom is -0.512 e. The molecule has 0 unspecified atom stereocenters. The molecule has 0 amide bonds. The van der Waals surface area contributed by atoms with E-state index in [1.807, 2.05) is 0 Å². The fraction of sp³-hybridized carbons (Fsp3) is 0.500. The first-order valence-corrected chi connectivity index (χ1v) is 2.50. The fourth-order valence-corrected chi connectivity index (χ4v) is 0.357. The molecule has 0 bridgehead atoms. The predicted octanol–water partition coefficient (Wildman–Crippen LogP) is 1.43. The highest BCUT2D eigenvalue weighted by atomic mass is 16.3. The van der Waals surface area contributed by atoms with E-state index >= 15 is 0 Å². The van der Waals surface area contributed by atoms with E-state index in [0.717, 1.165) is 0 Å². The van der Waals surface area contributed by atoms with E-state index in [0.29, 0.717) is 0 Å². The summed E-state index contributed by atoms with van der Waals surface area (Å²) in [5.74, 6) is 0.137. The van der Waals surface area contributed by atoms with Crippen LogP contribution in [0.25, 0.3) is 0 Å². The molecule has 0 aromatic rings. The van der Waals surface area contributed by atoms with E-state index in [9.17, 15) is 4.79 Å². The van der Waals surface area contributed by atoms with Gasteiger partial charge in [0.1, 0.15) is 5.78 Å². The standard InChI is InChI=1S/C6H10O2/c1-3-6(8)4-5(2)7/h3,8H,4H2,1-2H3. The van der Waals surface area contributed by atoms with Crippen LogP contribution >= 0.6 is 0 Å². The highest BCUT2D eigenvalue weighted by Gasteiger charge is 1.93. The monoisotopic (exact) mass is 114 g/mol. The maximum absolute atomic E-state index is 10.2. The first kappa shape index (κ1) is 7.21. The first-order chi connectivity index (χ1) is 3.66. The van der Waals surface area contributed by atoms with Crippen LogP contribution in [0.1, 0.15) is 20.3 Å². The van der Waals surface area contributed by atoms with Gasteiger partial charge in [-0.05, 0) is 19.9 Å². The van der Waals surface area contributed by atoms with Gasteiger partial charge in [-0.25, -0.2) is 0 Å². The minimum atomic E-state index is -0.0133. The van der Waals surface area contributed by atoms with E-state index in [4.69, 9.17) is 5.11 Å². The molecule has 0 aromatic carbocycles. The molecule has 0 atom stereocenters. The quantitative estimate of drug-likeness (QED) is 0.551. The van der Waals surface area contributed by atoms with Crippen molar-refractivity contribution in [2.45, 2.75) is 20.3 Å². The predicted molar refractivity (Wildman–Crippen MR) is 31.7 cm³/mol. The molecule has 0 aliphatic heterocycles. The number of carbonyl (C=O) groups excluding carboxylic acids is 1. The van der Waals surface area contributed by atoms with E-state index in [2.05, 4.69) is 0 Å². The highest BCUT2D eigenvalue weighted by molar-refractivity contribution is 5.77. The average molecular weight is 114 g/mol. The van der Waals surface area contributed by atoms with Crippen molar-refractivity contribution in [1.82, 2.24) is 0 Å². The number of aliphatic hydroxyl groups is 1. The second kappa shape index (κ2) is 3.24. The maximum Gasteiger partial charge on any atom is 0.137 e. The summed E-state index contributed by atoms with van der Waals surface area (Å²) in [5, 5.41) is 8.67. The molecule has 0 radical (unpaired) electrons. The van der Waals surface area contributed by atoms with E-state index in [-0.39, 0.29) is 18.0 Å². The van der Waals surface area contributed by atoms with E-state index < -0.39 is 0 Å². The molecular formula is C6H10O2. The van der Waals surface area contributed by atoms with Crippen LogP contribution in [0, 0.1) is 0 Å². The number of hydrogen-bond donors (Lipinski definition) is 1. The molecule has 1 N–H and O–H groups in total. The van der Waals surface area contributed by atoms with Crippen LogP contribution in [-0.2, 0) is 4.79 Å². The third-order valence-corrected chi connectivity index (χ3v) is 0.763. The summed E-state index contributed by atoms with van der Waals surface area (Å²) >= 11 is 0. The molecule has 46 valence electrons. The van der Waals surface area contributed by atoms with Crippen molar-refractivity contribution in [2.75, 3.05) is 0 Å². The Kier molecular flexibility index (Phi) is 2.92. The smallest absolute Gasteiger partial charge is 0.137 e. The van der Waals surface area contributed by atoms with Crippen LogP contribution in [0.4, 0.5) is 0 Å². The molecular weight excluding hydrogens is 104 g/mol. The van der Waals surface area contributed by atoms with Gasteiger partial charge in [0.2, 0.25) is 0 Å². The zero-order valence-electron chi connectivity index (χ0n) is 5.14. The summed E-state index contributed by atoms with van der Waals surface area (Å²) in [5.41, 5.74) is 0. The Balaban J connectivity index is 3.56. The number of hydrogen-bond acceptors (Lipinski definition) is 2. The molecule has 2 nitrogen and oxygen atoms in total. The molecule has 8 heavy (non-hydrogen) atoms. The lowest BCUT2D eigenvalue weighted by Gasteiger charge is -1.90. The third-order valence-electron chi connectivity index (χ3n) is 0.763. The Morgan fingerprint density at radius 1 is 1.75 bits per heavy atom. The molecule has 0 spiro atoms. The molecule has 0 rings (SSSR count). The number of rotatable bonds is 2. The zero-order valence-corrected chi connectivity index (χ0v) is 5.14. The second-order valence-corrected chi connectivity index (χ2v) is 1.66. The molecule has 0 aliphatic rings. The summed E-state index contributed by atoms with van der Waals surface area (Å²) in [4.78, 5) is 10.2. The van der Waals surface area contributed by atoms with Crippen LogP contribution in [0.3, 0.4) is 0 Å². The normalized spacial score (nSPS) is 11.5. The van der Waals surface area contributed by atoms with Gasteiger partial charge in [0.25, 0.3) is 0 Å². The maximum atomic E-state index is 10.2. The van der Waals surface area contributed by atoms with Gasteiger partial charge in [0.15, 0.2) is 0 Å². The highest BCUT2D eigenvalue weighted by Crippen LogP contribution is 1.94. The van der Waals surface area contributed by atoms with Crippen molar-refractivity contribution in [1.29, 1.82) is 0 Å². The van der Waals surface area contributed by atoms with Crippen molar-refractivity contribution in [3.8, 4) is 0 Å². The molecule has 2 heteroatoms. The van der Waals surface area contributed by atoms with Crippen LogP contribution in [0.15, 0.2) is 11.8 Å². The van der Waals surface area contributed by atoms with Crippen molar-refractivity contribution >= 4 is 5.78 Å². The number of Topliss-reactive ketones (excluding diaryl/α,β-unsaturated/α-hetero) is 1. The van der Waals surface area contributed by atoms with Crippen molar-refractivity contribution in [3.05, 3.63) is 11.8 Å². The largest absolute Gasteiger partial charge is 0.512 e. The topological polar surface area (TPSA) is 37.3 Å². The first-order valence-electron chi connectivity index (χ1n) is 2.50. The van der Waals surface area contributed by atoms with Gasteiger partial charge in [0, 0.05) is 0 Å². The number of ketones is 1. The van der Waals surface area contributed by atoms with Gasteiger partial charge in [-0.1, -0.05) is 0 Å². The molecule has 0 heterocycles. The summed E-state index contributed by atoms with van der Waals surface area (Å²) in [6.07, 6.45) is 1.68. The average Bonchev–Trinajstić information content (AvgIpc) is 1.65.